The standard InChI is InChI=1S/C47H67NO15/c1-48(47(50)63-39-45-43-13-7-5-11-41(43)42-12-6-8-14-44(42)45)15-16-51-17-18-52-19-20-53-21-22-54-23-24-55-25-26-56-27-28-57-29-30-58-31-32-59-33-34-60-35-36-61-37-38-62-46(49)40-9-3-2-4-10-40/h2-14,45H,15-39H2,1H3. The van der Waals surface area contributed by atoms with Crippen LogP contribution in [-0.2, 0) is 61.6 Å². The summed E-state index contributed by atoms with van der Waals surface area (Å²) in [7, 11) is 1.71. The minimum absolute atomic E-state index is 0.0329. The fraction of sp³-hybridized carbons (Fsp3) is 0.574. The third-order valence-corrected chi connectivity index (χ3v) is 9.41. The molecule has 0 spiro atoms. The largest absolute Gasteiger partial charge is 0.460 e. The fourth-order valence-electron chi connectivity index (χ4n) is 6.15. The summed E-state index contributed by atoms with van der Waals surface area (Å²) in [5.41, 5.74) is 5.30. The molecule has 0 N–H and O–H groups in total. The first-order valence-electron chi connectivity index (χ1n) is 21.8. The Labute approximate surface area is 372 Å². The minimum Gasteiger partial charge on any atom is -0.460 e. The number of hydrogen-bond donors (Lipinski definition) is 0. The molecule has 0 radical (unpaired) electrons. The lowest BCUT2D eigenvalue weighted by molar-refractivity contribution is -0.0281. The molecule has 1 aliphatic carbocycles. The van der Waals surface area contributed by atoms with E-state index in [1.54, 1.807) is 31.3 Å². The zero-order valence-electron chi connectivity index (χ0n) is 36.8. The quantitative estimate of drug-likeness (QED) is 0.0562. The van der Waals surface area contributed by atoms with Gasteiger partial charge in [0.05, 0.1) is 151 Å². The van der Waals surface area contributed by atoms with Crippen LogP contribution in [0.4, 0.5) is 4.79 Å². The molecule has 0 aromatic heterocycles. The lowest BCUT2D eigenvalue weighted by Crippen LogP contribution is -2.32. The molecule has 0 heterocycles. The smallest absolute Gasteiger partial charge is 0.409 e. The lowest BCUT2D eigenvalue weighted by atomic mass is 9.98. The van der Waals surface area contributed by atoms with Crippen molar-refractivity contribution < 1.29 is 71.2 Å². The molecule has 1 aliphatic rings. The monoisotopic (exact) mass is 885 g/mol. The Morgan fingerprint density at radius 3 is 1.10 bits per heavy atom. The number of carbonyl (C=O) groups is 2. The summed E-state index contributed by atoms with van der Waals surface area (Å²) in [6.45, 7) is 10.9. The first kappa shape index (κ1) is 51.6. The summed E-state index contributed by atoms with van der Waals surface area (Å²) in [6, 6.07) is 25.4. The van der Waals surface area contributed by atoms with Gasteiger partial charge in [0.1, 0.15) is 13.2 Å². The Balaban J connectivity index is 0.775. The van der Waals surface area contributed by atoms with Gasteiger partial charge in [-0.15, -0.1) is 0 Å². The van der Waals surface area contributed by atoms with E-state index in [2.05, 4.69) is 24.3 Å². The minimum atomic E-state index is -0.369. The second-order valence-electron chi connectivity index (χ2n) is 14.0. The van der Waals surface area contributed by atoms with Gasteiger partial charge in [0.2, 0.25) is 0 Å². The van der Waals surface area contributed by atoms with Gasteiger partial charge in [0.25, 0.3) is 0 Å². The van der Waals surface area contributed by atoms with Crippen molar-refractivity contribution in [3.8, 4) is 11.1 Å². The topological polar surface area (TPSA) is 157 Å². The van der Waals surface area contributed by atoms with E-state index in [4.69, 9.17) is 61.6 Å². The van der Waals surface area contributed by atoms with E-state index in [9.17, 15) is 9.59 Å². The van der Waals surface area contributed by atoms with E-state index in [1.807, 2.05) is 30.3 Å². The van der Waals surface area contributed by atoms with Crippen LogP contribution in [0, 0.1) is 0 Å². The number of benzene rings is 3. The normalized spacial score (nSPS) is 12.0. The van der Waals surface area contributed by atoms with E-state index in [-0.39, 0.29) is 24.6 Å². The Morgan fingerprint density at radius 1 is 0.397 bits per heavy atom. The Morgan fingerprint density at radius 2 is 0.714 bits per heavy atom. The van der Waals surface area contributed by atoms with E-state index < -0.39 is 0 Å². The number of ether oxygens (including phenoxy) is 13. The van der Waals surface area contributed by atoms with Crippen molar-refractivity contribution in [3.05, 3.63) is 95.6 Å². The number of nitrogens with zero attached hydrogens (tertiary/aromatic N) is 1. The second kappa shape index (κ2) is 34.4. The highest BCUT2D eigenvalue weighted by molar-refractivity contribution is 5.89. The maximum Gasteiger partial charge on any atom is 0.409 e. The zero-order valence-corrected chi connectivity index (χ0v) is 36.8. The van der Waals surface area contributed by atoms with Crippen LogP contribution in [0.1, 0.15) is 27.4 Å². The molecule has 1 amide bonds. The third-order valence-electron chi connectivity index (χ3n) is 9.41. The molecule has 3 aromatic rings. The number of rotatable bonds is 39. The first-order chi connectivity index (χ1) is 31.1. The lowest BCUT2D eigenvalue weighted by Gasteiger charge is -2.19. The summed E-state index contributed by atoms with van der Waals surface area (Å²) in [5.74, 6) is -0.328. The van der Waals surface area contributed by atoms with Gasteiger partial charge in [0, 0.05) is 19.5 Å². The number of hydrogen-bond acceptors (Lipinski definition) is 15. The van der Waals surface area contributed by atoms with E-state index in [0.29, 0.717) is 164 Å². The van der Waals surface area contributed by atoms with Crippen LogP contribution in [0.25, 0.3) is 11.1 Å². The van der Waals surface area contributed by atoms with Crippen LogP contribution in [-0.4, -0.2) is 189 Å². The number of fused-ring (bicyclic) bond motifs is 3. The number of amides is 1. The molecule has 0 atom stereocenters. The van der Waals surface area contributed by atoms with Gasteiger partial charge in [0.15, 0.2) is 0 Å². The van der Waals surface area contributed by atoms with Crippen molar-refractivity contribution in [2.45, 2.75) is 5.92 Å². The number of esters is 1. The maximum atomic E-state index is 12.6. The highest BCUT2D eigenvalue weighted by Crippen LogP contribution is 2.44. The van der Waals surface area contributed by atoms with Gasteiger partial charge in [-0.2, -0.15) is 0 Å². The summed E-state index contributed by atoms with van der Waals surface area (Å²) in [6.07, 6.45) is -0.369. The Kier molecular flexibility index (Phi) is 28.2. The van der Waals surface area contributed by atoms with Crippen molar-refractivity contribution >= 4 is 12.1 Å². The SMILES string of the molecule is CN(CCOCCOCCOCCOCCOCCOCCOCCOCCOCCOCCOCCOC(=O)c1ccccc1)C(=O)OCC1c2ccccc2-c2ccccc21. The van der Waals surface area contributed by atoms with Crippen LogP contribution in [0.2, 0.25) is 0 Å². The number of likely N-dealkylation sites (N-methyl/N-ethyl adjacent to an activating group) is 1. The van der Waals surface area contributed by atoms with Crippen molar-refractivity contribution in [2.24, 2.45) is 0 Å². The average molecular weight is 886 g/mol. The molecule has 63 heavy (non-hydrogen) atoms. The highest BCUT2D eigenvalue weighted by Gasteiger charge is 2.29. The van der Waals surface area contributed by atoms with Gasteiger partial charge in [-0.05, 0) is 34.4 Å². The molecule has 3 aromatic carbocycles. The first-order valence-corrected chi connectivity index (χ1v) is 21.8. The van der Waals surface area contributed by atoms with Crippen LogP contribution >= 0.6 is 0 Å². The molecule has 16 nitrogen and oxygen atoms in total. The molecule has 4 rings (SSSR count). The van der Waals surface area contributed by atoms with E-state index in [0.717, 1.165) is 0 Å². The van der Waals surface area contributed by atoms with Crippen LogP contribution in [0.15, 0.2) is 78.9 Å². The molecule has 16 heteroatoms. The predicted molar refractivity (Wildman–Crippen MR) is 233 cm³/mol. The summed E-state index contributed by atoms with van der Waals surface area (Å²) >= 11 is 0. The molecule has 0 fully saturated rings. The van der Waals surface area contributed by atoms with Crippen molar-refractivity contribution in [1.82, 2.24) is 4.90 Å². The molecular formula is C47H67NO15. The Hall–Kier alpha value is -4.04. The van der Waals surface area contributed by atoms with Crippen molar-refractivity contribution in [3.63, 3.8) is 0 Å². The van der Waals surface area contributed by atoms with Gasteiger partial charge in [-0.3, -0.25) is 0 Å². The molecule has 0 saturated heterocycles. The summed E-state index contributed by atoms with van der Waals surface area (Å²) < 4.78 is 71.4. The third kappa shape index (κ3) is 22.4. The van der Waals surface area contributed by atoms with Crippen LogP contribution < -0.4 is 0 Å². The molecule has 0 bridgehead atoms. The Bertz CT molecular complexity index is 1570. The van der Waals surface area contributed by atoms with Crippen molar-refractivity contribution in [2.75, 3.05) is 172 Å². The maximum absolute atomic E-state index is 12.6. The van der Waals surface area contributed by atoms with Gasteiger partial charge >= 0.3 is 12.1 Å². The molecule has 350 valence electrons. The van der Waals surface area contributed by atoms with Gasteiger partial charge in [-0.25, -0.2) is 9.59 Å². The van der Waals surface area contributed by atoms with Crippen LogP contribution in [0.3, 0.4) is 0 Å². The summed E-state index contributed by atoms with van der Waals surface area (Å²) in [5, 5.41) is 0. The van der Waals surface area contributed by atoms with E-state index in [1.165, 1.54) is 27.2 Å². The zero-order chi connectivity index (χ0) is 44.3. The predicted octanol–water partition coefficient (Wildman–Crippen LogP) is 4.91. The van der Waals surface area contributed by atoms with E-state index >= 15 is 0 Å². The van der Waals surface area contributed by atoms with Crippen molar-refractivity contribution in [1.29, 1.82) is 0 Å². The highest BCUT2D eigenvalue weighted by atomic mass is 16.6. The molecule has 0 aliphatic heterocycles. The molecule has 0 unspecified atom stereocenters. The summed E-state index contributed by atoms with van der Waals surface area (Å²) in [4.78, 5) is 26.0. The average Bonchev–Trinajstić information content (AvgIpc) is 3.64. The second-order valence-corrected chi connectivity index (χ2v) is 14.0. The van der Waals surface area contributed by atoms with Crippen LogP contribution in [0.5, 0.6) is 0 Å². The number of carbonyl (C=O) groups excluding carboxylic acids is 2. The molecule has 0 saturated carbocycles. The fourth-order valence-corrected chi connectivity index (χ4v) is 6.15. The van der Waals surface area contributed by atoms with Gasteiger partial charge in [-0.1, -0.05) is 66.7 Å². The molecular weight excluding hydrogens is 819 g/mol. The van der Waals surface area contributed by atoms with Gasteiger partial charge < -0.3 is 66.5 Å².